The lowest BCUT2D eigenvalue weighted by atomic mass is 9.99. The minimum Gasteiger partial charge on any atom is -0.355 e. The zero-order valence-electron chi connectivity index (χ0n) is 24.1. The largest absolute Gasteiger partial charge is 0.355 e. The monoisotopic (exact) mass is 578 g/mol. The number of hydrogen-bond donors (Lipinski definition) is 3. The summed E-state index contributed by atoms with van der Waals surface area (Å²) in [7, 11) is 1.78. The number of carbonyl (C=O) groups is 3. The SMILES string of the molecule is C.CN[C@@H](C(=O)N1CCC[C@H]1C(=O)Cc1ccc2[nH]c(-c3ccc(NC(=O)C4CCCC4)cc3)cc2c1)c1ccccc1. The van der Waals surface area contributed by atoms with E-state index >= 15 is 0 Å². The van der Waals surface area contributed by atoms with Gasteiger partial charge >= 0.3 is 0 Å². The van der Waals surface area contributed by atoms with Crippen molar-refractivity contribution in [2.24, 2.45) is 5.92 Å². The van der Waals surface area contributed by atoms with E-state index in [-0.39, 0.29) is 37.4 Å². The third kappa shape index (κ3) is 6.57. The Morgan fingerprint density at radius 2 is 1.65 bits per heavy atom. The molecule has 0 unspecified atom stereocenters. The van der Waals surface area contributed by atoms with Crippen LogP contribution in [-0.2, 0) is 20.8 Å². The van der Waals surface area contributed by atoms with Crippen LogP contribution in [0.4, 0.5) is 5.69 Å². The van der Waals surface area contributed by atoms with Gasteiger partial charge in [-0.2, -0.15) is 0 Å². The molecule has 0 radical (unpaired) electrons. The lowest BCUT2D eigenvalue weighted by molar-refractivity contribution is -0.139. The van der Waals surface area contributed by atoms with E-state index in [9.17, 15) is 14.4 Å². The van der Waals surface area contributed by atoms with Crippen molar-refractivity contribution in [2.75, 3.05) is 18.9 Å². The molecule has 2 amide bonds. The van der Waals surface area contributed by atoms with E-state index in [0.29, 0.717) is 13.0 Å². The average molecular weight is 579 g/mol. The van der Waals surface area contributed by atoms with Crippen LogP contribution in [0.2, 0.25) is 0 Å². The molecular weight excluding hydrogens is 536 g/mol. The molecule has 2 atom stereocenters. The number of amides is 2. The Morgan fingerprint density at radius 3 is 2.37 bits per heavy atom. The maximum atomic E-state index is 13.5. The van der Waals surface area contributed by atoms with Crippen LogP contribution in [0.3, 0.4) is 0 Å². The van der Waals surface area contributed by atoms with Crippen molar-refractivity contribution in [1.29, 1.82) is 0 Å². The van der Waals surface area contributed by atoms with Gasteiger partial charge in [-0.25, -0.2) is 0 Å². The number of benzene rings is 3. The Labute approximate surface area is 254 Å². The number of likely N-dealkylation sites (tertiary alicyclic amines) is 1. The molecular formula is C36H42N4O3. The summed E-state index contributed by atoms with van der Waals surface area (Å²) in [5.74, 6) is 0.288. The van der Waals surface area contributed by atoms with Gasteiger partial charge in [0, 0.05) is 41.2 Å². The normalized spacial score (nSPS) is 17.5. The molecule has 7 nitrogen and oxygen atoms in total. The number of nitrogens with zero attached hydrogens (tertiary/aromatic N) is 1. The molecule has 2 heterocycles. The summed E-state index contributed by atoms with van der Waals surface area (Å²) in [5.41, 5.74) is 5.67. The van der Waals surface area contributed by atoms with E-state index < -0.39 is 12.1 Å². The number of H-pyrrole nitrogens is 1. The predicted molar refractivity (Wildman–Crippen MR) is 173 cm³/mol. The standard InChI is InChI=1S/C35H38N4O3.CH4/c1-36-33(25-8-3-2-4-9-25)35(42)39-19-7-12-31(39)32(40)21-23-13-18-29-27(20-23)22-30(38-29)24-14-16-28(17-15-24)37-34(41)26-10-5-6-11-26;/h2-4,8-9,13-18,20,22,26,31,33,36,38H,5-7,10-12,19,21H2,1H3,(H,37,41);1H4/t31-,33+;/m0./s1. The number of fused-ring (bicyclic) bond motifs is 1. The summed E-state index contributed by atoms with van der Waals surface area (Å²) in [6, 6.07) is 24.9. The van der Waals surface area contributed by atoms with Gasteiger partial charge in [0.25, 0.3) is 0 Å². The maximum absolute atomic E-state index is 13.5. The van der Waals surface area contributed by atoms with Crippen LogP contribution in [0, 0.1) is 5.92 Å². The molecule has 43 heavy (non-hydrogen) atoms. The zero-order chi connectivity index (χ0) is 29.1. The fourth-order valence-corrected chi connectivity index (χ4v) is 6.54. The van der Waals surface area contributed by atoms with Crippen molar-refractivity contribution < 1.29 is 14.4 Å². The highest BCUT2D eigenvalue weighted by atomic mass is 16.2. The number of aromatic nitrogens is 1. The van der Waals surface area contributed by atoms with Gasteiger partial charge in [0.15, 0.2) is 5.78 Å². The van der Waals surface area contributed by atoms with Crippen LogP contribution in [0.5, 0.6) is 0 Å². The number of anilines is 1. The number of rotatable bonds is 9. The second-order valence-electron chi connectivity index (χ2n) is 11.6. The third-order valence-electron chi connectivity index (χ3n) is 8.83. The Balaban J connectivity index is 0.00000368. The van der Waals surface area contributed by atoms with Crippen molar-refractivity contribution in [2.45, 2.75) is 64.5 Å². The quantitative estimate of drug-likeness (QED) is 0.207. The number of carbonyl (C=O) groups excluding carboxylic acids is 3. The first kappa shape index (κ1) is 30.2. The van der Waals surface area contributed by atoms with E-state index in [1.165, 1.54) is 0 Å². The predicted octanol–water partition coefficient (Wildman–Crippen LogP) is 6.66. The molecule has 2 aliphatic rings. The lowest BCUT2D eigenvalue weighted by Gasteiger charge is -2.28. The van der Waals surface area contributed by atoms with Crippen molar-refractivity contribution in [3.05, 3.63) is 90.0 Å². The molecule has 1 aliphatic carbocycles. The molecule has 0 spiro atoms. The smallest absolute Gasteiger partial charge is 0.244 e. The summed E-state index contributed by atoms with van der Waals surface area (Å²) in [4.78, 5) is 44.7. The highest BCUT2D eigenvalue weighted by Gasteiger charge is 2.37. The van der Waals surface area contributed by atoms with Crippen LogP contribution in [0.15, 0.2) is 78.9 Å². The molecule has 3 aromatic carbocycles. The summed E-state index contributed by atoms with van der Waals surface area (Å²) in [6.45, 7) is 0.601. The number of likely N-dealkylation sites (N-methyl/N-ethyl adjacent to an activating group) is 1. The minimum atomic E-state index is -0.466. The molecule has 3 N–H and O–H groups in total. The highest BCUT2D eigenvalue weighted by molar-refractivity contribution is 5.95. The molecule has 1 saturated heterocycles. The van der Waals surface area contributed by atoms with Gasteiger partial charge in [0.1, 0.15) is 6.04 Å². The topological polar surface area (TPSA) is 94.3 Å². The molecule has 0 bridgehead atoms. The second kappa shape index (κ2) is 13.4. The van der Waals surface area contributed by atoms with Gasteiger partial charge < -0.3 is 20.5 Å². The molecule has 6 rings (SSSR count). The van der Waals surface area contributed by atoms with Crippen LogP contribution in [-0.4, -0.2) is 47.1 Å². The van der Waals surface area contributed by atoms with Gasteiger partial charge in [-0.1, -0.05) is 68.8 Å². The molecule has 2 fully saturated rings. The van der Waals surface area contributed by atoms with Crippen LogP contribution in [0.25, 0.3) is 22.2 Å². The number of ketones is 1. The van der Waals surface area contributed by atoms with Crippen molar-refractivity contribution >= 4 is 34.2 Å². The average Bonchev–Trinajstić information content (AvgIpc) is 3.79. The first-order valence-corrected chi connectivity index (χ1v) is 15.1. The van der Waals surface area contributed by atoms with Crippen molar-refractivity contribution in [3.63, 3.8) is 0 Å². The van der Waals surface area contributed by atoms with E-state index in [0.717, 1.165) is 71.1 Å². The van der Waals surface area contributed by atoms with E-state index in [4.69, 9.17) is 0 Å². The summed E-state index contributed by atoms with van der Waals surface area (Å²) >= 11 is 0. The van der Waals surface area contributed by atoms with Gasteiger partial charge in [-0.15, -0.1) is 0 Å². The van der Waals surface area contributed by atoms with Gasteiger partial charge in [0.2, 0.25) is 11.8 Å². The Kier molecular flexibility index (Phi) is 9.41. The first-order valence-electron chi connectivity index (χ1n) is 15.1. The Hall–Kier alpha value is -4.23. The van der Waals surface area contributed by atoms with Crippen molar-refractivity contribution in [1.82, 2.24) is 15.2 Å². The molecule has 1 aromatic heterocycles. The fraction of sp³-hybridized carbons (Fsp3) is 0.361. The maximum Gasteiger partial charge on any atom is 0.244 e. The number of nitrogens with one attached hydrogen (secondary N) is 3. The van der Waals surface area contributed by atoms with Gasteiger partial charge in [0.05, 0.1) is 6.04 Å². The molecule has 4 aromatic rings. The fourth-order valence-electron chi connectivity index (χ4n) is 6.54. The third-order valence-corrected chi connectivity index (χ3v) is 8.83. The zero-order valence-corrected chi connectivity index (χ0v) is 24.1. The van der Waals surface area contributed by atoms with E-state index in [2.05, 4.69) is 27.8 Å². The number of hydrogen-bond acceptors (Lipinski definition) is 4. The molecule has 1 aliphatic heterocycles. The summed E-state index contributed by atoms with van der Waals surface area (Å²) in [5, 5.41) is 7.23. The minimum absolute atomic E-state index is 0. The number of aromatic amines is 1. The van der Waals surface area contributed by atoms with Crippen LogP contribution < -0.4 is 10.6 Å². The van der Waals surface area contributed by atoms with E-state index in [1.54, 1.807) is 11.9 Å². The highest BCUT2D eigenvalue weighted by Crippen LogP contribution is 2.29. The van der Waals surface area contributed by atoms with Gasteiger partial charge in [-0.05, 0) is 79.8 Å². The number of Topliss-reactive ketones (excluding diaryl/α,β-unsaturated/α-hetero) is 1. The van der Waals surface area contributed by atoms with Crippen LogP contribution >= 0.6 is 0 Å². The molecule has 1 saturated carbocycles. The molecule has 7 heteroatoms. The molecule has 224 valence electrons. The van der Waals surface area contributed by atoms with Crippen molar-refractivity contribution in [3.8, 4) is 11.3 Å². The van der Waals surface area contributed by atoms with Gasteiger partial charge in [-0.3, -0.25) is 14.4 Å². The summed E-state index contributed by atoms with van der Waals surface area (Å²) < 4.78 is 0. The Morgan fingerprint density at radius 1 is 0.907 bits per heavy atom. The summed E-state index contributed by atoms with van der Waals surface area (Å²) in [6.07, 6.45) is 6.05. The lowest BCUT2D eigenvalue weighted by Crippen LogP contribution is -2.46. The first-order chi connectivity index (χ1) is 20.5. The Bertz CT molecular complexity index is 1570. The van der Waals surface area contributed by atoms with E-state index in [1.807, 2.05) is 66.7 Å². The second-order valence-corrected chi connectivity index (χ2v) is 11.6. The van der Waals surface area contributed by atoms with Crippen LogP contribution in [0.1, 0.15) is 63.1 Å².